The first-order chi connectivity index (χ1) is 10.6. The van der Waals surface area contributed by atoms with Crippen LogP contribution in [0.3, 0.4) is 0 Å². The summed E-state index contributed by atoms with van der Waals surface area (Å²) in [6, 6.07) is 3.71. The molecule has 0 radical (unpaired) electrons. The van der Waals surface area contributed by atoms with Crippen molar-refractivity contribution in [3.05, 3.63) is 46.1 Å². The quantitative estimate of drug-likeness (QED) is 0.750. The molecule has 3 heterocycles. The van der Waals surface area contributed by atoms with E-state index in [2.05, 4.69) is 20.4 Å². The van der Waals surface area contributed by atoms with Crippen LogP contribution in [0.15, 0.2) is 29.0 Å². The van der Waals surface area contributed by atoms with Gasteiger partial charge in [-0.2, -0.15) is 4.98 Å². The van der Waals surface area contributed by atoms with Crippen LogP contribution >= 0.6 is 22.9 Å². The number of aromatic nitrogens is 3. The zero-order valence-electron chi connectivity index (χ0n) is 11.7. The maximum absolute atomic E-state index is 12.3. The molecule has 8 heteroatoms. The van der Waals surface area contributed by atoms with Crippen LogP contribution in [0.2, 0.25) is 4.34 Å². The number of carbonyl (C=O) groups is 1. The Bertz CT molecular complexity index is 792. The summed E-state index contributed by atoms with van der Waals surface area (Å²) in [5, 5.41) is 6.55. The van der Waals surface area contributed by atoms with Crippen molar-refractivity contribution in [2.45, 2.75) is 13.3 Å². The average Bonchev–Trinajstić information content (AvgIpc) is 3.19. The predicted molar refractivity (Wildman–Crippen MR) is 84.2 cm³/mol. The van der Waals surface area contributed by atoms with Crippen molar-refractivity contribution < 1.29 is 9.32 Å². The first kappa shape index (κ1) is 14.8. The van der Waals surface area contributed by atoms with Gasteiger partial charge >= 0.3 is 0 Å². The van der Waals surface area contributed by atoms with Crippen LogP contribution in [0, 0.1) is 6.92 Å². The van der Waals surface area contributed by atoms with E-state index >= 15 is 0 Å². The van der Waals surface area contributed by atoms with E-state index < -0.39 is 0 Å². The average molecular weight is 337 g/mol. The van der Waals surface area contributed by atoms with Crippen LogP contribution in [-0.2, 0) is 6.42 Å². The van der Waals surface area contributed by atoms with Gasteiger partial charge in [-0.25, -0.2) is 0 Å². The highest BCUT2D eigenvalue weighted by molar-refractivity contribution is 7.19. The van der Waals surface area contributed by atoms with E-state index in [0.717, 1.165) is 10.4 Å². The van der Waals surface area contributed by atoms with Crippen LogP contribution < -0.4 is 5.32 Å². The van der Waals surface area contributed by atoms with E-state index in [1.165, 1.54) is 11.3 Å². The Morgan fingerprint density at radius 2 is 2.32 bits per heavy atom. The number of hydrogen-bond acceptors (Lipinski definition) is 5. The van der Waals surface area contributed by atoms with E-state index in [9.17, 15) is 4.79 Å². The molecule has 3 aromatic rings. The number of thiophene rings is 1. The highest BCUT2D eigenvalue weighted by Crippen LogP contribution is 2.32. The molecule has 0 aliphatic rings. The Morgan fingerprint density at radius 1 is 1.45 bits per heavy atom. The lowest BCUT2D eigenvalue weighted by Crippen LogP contribution is -2.25. The molecule has 0 unspecified atom stereocenters. The first-order valence-electron chi connectivity index (χ1n) is 6.63. The van der Waals surface area contributed by atoms with E-state index in [4.69, 9.17) is 16.1 Å². The molecular weight excluding hydrogens is 324 g/mol. The lowest BCUT2D eigenvalue weighted by Gasteiger charge is -2.03. The van der Waals surface area contributed by atoms with Crippen molar-refractivity contribution in [2.75, 3.05) is 6.54 Å². The van der Waals surface area contributed by atoms with E-state index in [1.54, 1.807) is 19.3 Å². The zero-order valence-corrected chi connectivity index (χ0v) is 13.3. The second-order valence-corrected chi connectivity index (χ2v) is 6.34. The number of hydrogen-bond donors (Lipinski definition) is 2. The molecule has 22 heavy (non-hydrogen) atoms. The summed E-state index contributed by atoms with van der Waals surface area (Å²) in [6.45, 7) is 2.18. The second-order valence-electron chi connectivity index (χ2n) is 4.63. The second kappa shape index (κ2) is 6.33. The zero-order chi connectivity index (χ0) is 15.5. The van der Waals surface area contributed by atoms with Gasteiger partial charge < -0.3 is 14.8 Å². The number of aryl methyl sites for hydroxylation is 1. The molecule has 1 amide bonds. The largest absolute Gasteiger partial charge is 0.366 e. The third kappa shape index (κ3) is 3.20. The number of aromatic amines is 1. The van der Waals surface area contributed by atoms with Gasteiger partial charge in [0.2, 0.25) is 5.89 Å². The highest BCUT2D eigenvalue weighted by atomic mass is 35.5. The topological polar surface area (TPSA) is 83.8 Å². The molecule has 2 N–H and O–H groups in total. The van der Waals surface area contributed by atoms with Gasteiger partial charge in [-0.05, 0) is 19.1 Å². The summed E-state index contributed by atoms with van der Waals surface area (Å²) >= 11 is 7.38. The van der Waals surface area contributed by atoms with Crippen LogP contribution in [0.5, 0.6) is 0 Å². The number of carbonyl (C=O) groups excluding carboxylic acids is 1. The number of halogens is 1. The molecule has 0 atom stereocenters. The minimum absolute atomic E-state index is 0.156. The van der Waals surface area contributed by atoms with Crippen LogP contribution in [0.25, 0.3) is 10.4 Å². The minimum atomic E-state index is -0.156. The molecular formula is C14H13ClN4O2S. The van der Waals surface area contributed by atoms with Crippen molar-refractivity contribution in [2.24, 2.45) is 0 Å². The van der Waals surface area contributed by atoms with Crippen molar-refractivity contribution >= 4 is 28.8 Å². The van der Waals surface area contributed by atoms with Gasteiger partial charge in [0.1, 0.15) is 0 Å². The van der Waals surface area contributed by atoms with Gasteiger partial charge in [-0.1, -0.05) is 16.8 Å². The third-order valence-corrected chi connectivity index (χ3v) is 4.29. The molecule has 0 aliphatic carbocycles. The number of H-pyrrole nitrogens is 1. The van der Waals surface area contributed by atoms with Gasteiger partial charge in [0.15, 0.2) is 5.82 Å². The fourth-order valence-electron chi connectivity index (χ4n) is 2.03. The Morgan fingerprint density at radius 3 is 3.00 bits per heavy atom. The molecule has 114 valence electrons. The number of nitrogens with one attached hydrogen (secondary N) is 2. The molecule has 6 nitrogen and oxygen atoms in total. The predicted octanol–water partition coefficient (Wildman–Crippen LogP) is 3.06. The van der Waals surface area contributed by atoms with Crippen molar-refractivity contribution in [3.63, 3.8) is 0 Å². The normalized spacial score (nSPS) is 10.8. The molecule has 3 rings (SSSR count). The molecule has 0 bridgehead atoms. The minimum Gasteiger partial charge on any atom is -0.366 e. The molecule has 0 saturated carbocycles. The first-order valence-corrected chi connectivity index (χ1v) is 7.83. The summed E-state index contributed by atoms with van der Waals surface area (Å²) in [5.41, 5.74) is 1.42. The van der Waals surface area contributed by atoms with E-state index in [1.807, 2.05) is 12.1 Å². The summed E-state index contributed by atoms with van der Waals surface area (Å²) in [4.78, 5) is 20.3. The molecule has 0 spiro atoms. The maximum Gasteiger partial charge on any atom is 0.253 e. The fraction of sp³-hybridized carbons (Fsp3) is 0.214. The van der Waals surface area contributed by atoms with Crippen LogP contribution in [-0.4, -0.2) is 27.6 Å². The third-order valence-electron chi connectivity index (χ3n) is 3.02. The van der Waals surface area contributed by atoms with Gasteiger partial charge in [-0.15, -0.1) is 11.3 Å². The van der Waals surface area contributed by atoms with Crippen LogP contribution in [0.4, 0.5) is 0 Å². The molecule has 0 fully saturated rings. The standard InChI is InChI=1S/C14H13ClN4O2S/c1-8-18-13(21-19-8)4-5-17-14(20)10-7-16-6-9(10)11-2-3-12(15)22-11/h2-3,6-7,16H,4-5H2,1H3,(H,17,20). The monoisotopic (exact) mass is 336 g/mol. The van der Waals surface area contributed by atoms with Gasteiger partial charge in [-0.3, -0.25) is 4.79 Å². The Kier molecular flexibility index (Phi) is 4.26. The lowest BCUT2D eigenvalue weighted by atomic mass is 10.1. The van der Waals surface area contributed by atoms with Crippen molar-refractivity contribution in [1.82, 2.24) is 20.4 Å². The smallest absolute Gasteiger partial charge is 0.253 e. The maximum atomic E-state index is 12.3. The number of nitrogens with zero attached hydrogens (tertiary/aromatic N) is 2. The van der Waals surface area contributed by atoms with Crippen molar-refractivity contribution in [1.29, 1.82) is 0 Å². The SMILES string of the molecule is Cc1noc(CCNC(=O)c2c[nH]cc2-c2ccc(Cl)s2)n1. The summed E-state index contributed by atoms with van der Waals surface area (Å²) < 4.78 is 5.69. The van der Waals surface area contributed by atoms with E-state index in [-0.39, 0.29) is 5.91 Å². The fourth-order valence-corrected chi connectivity index (χ4v) is 3.11. The van der Waals surface area contributed by atoms with E-state index in [0.29, 0.717) is 34.6 Å². The van der Waals surface area contributed by atoms with Gasteiger partial charge in [0.05, 0.1) is 9.90 Å². The van der Waals surface area contributed by atoms with Crippen LogP contribution in [0.1, 0.15) is 22.1 Å². The Hall–Kier alpha value is -2.12. The molecule has 0 saturated heterocycles. The number of rotatable bonds is 5. The summed E-state index contributed by atoms with van der Waals surface area (Å²) in [7, 11) is 0. The molecule has 0 aliphatic heterocycles. The molecule has 0 aromatic carbocycles. The van der Waals surface area contributed by atoms with Crippen molar-refractivity contribution in [3.8, 4) is 10.4 Å². The Balaban J connectivity index is 1.64. The lowest BCUT2D eigenvalue weighted by molar-refractivity contribution is 0.0954. The summed E-state index contributed by atoms with van der Waals surface area (Å²) in [6.07, 6.45) is 3.96. The van der Waals surface area contributed by atoms with Gasteiger partial charge in [0.25, 0.3) is 5.91 Å². The molecule has 3 aromatic heterocycles. The summed E-state index contributed by atoms with van der Waals surface area (Å²) in [5.74, 6) is 0.943. The number of amides is 1. The highest BCUT2D eigenvalue weighted by Gasteiger charge is 2.15. The Labute approximate surface area is 135 Å². The van der Waals surface area contributed by atoms with Gasteiger partial charge in [0, 0.05) is 35.8 Å².